The number of hydrogen-bond donors (Lipinski definition) is 1. The number of aryl methyl sites for hydroxylation is 1. The smallest absolute Gasteiger partial charge is 0.282 e. The van der Waals surface area contributed by atoms with Crippen LogP contribution in [-0.2, 0) is 16.8 Å². The molecule has 2 aliphatic heterocycles. The van der Waals surface area contributed by atoms with Crippen molar-refractivity contribution in [3.05, 3.63) is 23.0 Å². The van der Waals surface area contributed by atoms with Gasteiger partial charge in [-0.25, -0.2) is 0 Å². The van der Waals surface area contributed by atoms with Gasteiger partial charge in [0.1, 0.15) is 6.07 Å². The summed E-state index contributed by atoms with van der Waals surface area (Å²) in [4.78, 5) is 5.45. The Morgan fingerprint density at radius 1 is 1.13 bits per heavy atom. The van der Waals surface area contributed by atoms with E-state index in [4.69, 9.17) is 5.26 Å². The van der Waals surface area contributed by atoms with E-state index in [0.29, 0.717) is 44.8 Å². The third-order valence-electron chi connectivity index (χ3n) is 4.63. The molecule has 0 atom stereocenters. The van der Waals surface area contributed by atoms with E-state index in [0.717, 1.165) is 30.8 Å². The maximum atomic E-state index is 12.5. The van der Waals surface area contributed by atoms with Gasteiger partial charge >= 0.3 is 0 Å². The van der Waals surface area contributed by atoms with Crippen molar-refractivity contribution in [2.24, 2.45) is 0 Å². The van der Waals surface area contributed by atoms with E-state index in [1.165, 1.54) is 0 Å². The molecule has 1 aromatic rings. The van der Waals surface area contributed by atoms with Crippen LogP contribution in [0.3, 0.4) is 0 Å². The highest BCUT2D eigenvalue weighted by Crippen LogP contribution is 2.19. The summed E-state index contributed by atoms with van der Waals surface area (Å²) in [6.45, 7) is 6.42. The van der Waals surface area contributed by atoms with Crippen molar-refractivity contribution in [1.82, 2.24) is 18.5 Å². The Bertz CT molecular complexity index is 692. The molecule has 0 saturated carbocycles. The highest BCUT2D eigenvalue weighted by molar-refractivity contribution is 7.86. The lowest BCUT2D eigenvalue weighted by molar-refractivity contribution is 0.174. The molecule has 7 nitrogen and oxygen atoms in total. The molecule has 0 radical (unpaired) electrons. The van der Waals surface area contributed by atoms with E-state index in [1.54, 1.807) is 8.61 Å². The Hall–Kier alpha value is -1.40. The number of nitriles is 1. The average Bonchev–Trinajstić information content (AvgIpc) is 3.18. The molecule has 3 heterocycles. The molecule has 0 aromatic carbocycles. The van der Waals surface area contributed by atoms with Gasteiger partial charge in [0.25, 0.3) is 10.2 Å². The van der Waals surface area contributed by atoms with E-state index in [1.807, 2.05) is 13.0 Å². The monoisotopic (exact) mass is 337 g/mol. The van der Waals surface area contributed by atoms with Crippen molar-refractivity contribution in [3.63, 3.8) is 0 Å². The maximum Gasteiger partial charge on any atom is 0.282 e. The molecule has 0 aliphatic carbocycles. The fraction of sp³-hybridized carbons (Fsp3) is 0.667. The van der Waals surface area contributed by atoms with Crippen LogP contribution < -0.4 is 0 Å². The minimum atomic E-state index is -3.28. The van der Waals surface area contributed by atoms with Crippen molar-refractivity contribution in [2.75, 3.05) is 39.3 Å². The number of nitrogens with zero attached hydrogens (tertiary/aromatic N) is 4. The van der Waals surface area contributed by atoms with Gasteiger partial charge in [-0.05, 0) is 25.8 Å². The van der Waals surface area contributed by atoms with Gasteiger partial charge in [-0.3, -0.25) is 4.90 Å². The van der Waals surface area contributed by atoms with Crippen molar-refractivity contribution in [2.45, 2.75) is 26.3 Å². The third kappa shape index (κ3) is 3.43. The predicted octanol–water partition coefficient (Wildman–Crippen LogP) is 0.653. The van der Waals surface area contributed by atoms with E-state index < -0.39 is 10.2 Å². The Labute approximate surface area is 137 Å². The standard InChI is InChI=1S/C15H23N5O2S/c1-13-14(11-16)10-15(17-13)12-18-6-8-20(9-7-18)23(21,22)19-4-2-3-5-19/h10,17H,2-9,12H2,1H3. The second-order valence-corrected chi connectivity index (χ2v) is 8.16. The molecule has 0 bridgehead atoms. The summed E-state index contributed by atoms with van der Waals surface area (Å²) in [5.41, 5.74) is 2.57. The number of nitrogens with one attached hydrogen (secondary N) is 1. The first-order valence-electron chi connectivity index (χ1n) is 8.07. The molecule has 23 heavy (non-hydrogen) atoms. The maximum absolute atomic E-state index is 12.5. The number of rotatable bonds is 4. The van der Waals surface area contributed by atoms with Gasteiger partial charge < -0.3 is 4.98 Å². The van der Waals surface area contributed by atoms with E-state index in [-0.39, 0.29) is 0 Å². The van der Waals surface area contributed by atoms with Crippen LogP contribution in [-0.4, -0.2) is 66.2 Å². The number of aromatic nitrogens is 1. The Kier molecular flexibility index (Phi) is 4.73. The highest BCUT2D eigenvalue weighted by atomic mass is 32.2. The average molecular weight is 337 g/mol. The van der Waals surface area contributed by atoms with E-state index in [2.05, 4.69) is 16.0 Å². The largest absolute Gasteiger partial charge is 0.360 e. The Morgan fingerprint density at radius 3 is 2.30 bits per heavy atom. The summed E-state index contributed by atoms with van der Waals surface area (Å²) in [6.07, 6.45) is 1.93. The molecule has 0 unspecified atom stereocenters. The number of piperazine rings is 1. The summed E-state index contributed by atoms with van der Waals surface area (Å²) in [7, 11) is -3.28. The number of aromatic amines is 1. The fourth-order valence-corrected chi connectivity index (χ4v) is 4.94. The van der Waals surface area contributed by atoms with Crippen molar-refractivity contribution in [3.8, 4) is 6.07 Å². The Morgan fingerprint density at radius 2 is 1.74 bits per heavy atom. The van der Waals surface area contributed by atoms with E-state index in [9.17, 15) is 8.42 Å². The first-order valence-corrected chi connectivity index (χ1v) is 9.46. The molecule has 2 aliphatic rings. The topological polar surface area (TPSA) is 83.4 Å². The molecule has 1 N–H and O–H groups in total. The normalized spacial score (nSPS) is 21.6. The molecule has 8 heteroatoms. The zero-order chi connectivity index (χ0) is 16.4. The summed E-state index contributed by atoms with van der Waals surface area (Å²) in [6, 6.07) is 4.05. The van der Waals surface area contributed by atoms with Crippen molar-refractivity contribution in [1.29, 1.82) is 5.26 Å². The van der Waals surface area contributed by atoms with Gasteiger partial charge in [0.2, 0.25) is 0 Å². The van der Waals surface area contributed by atoms with Gasteiger partial charge in [-0.2, -0.15) is 22.3 Å². The lowest BCUT2D eigenvalue weighted by Crippen LogP contribution is -2.52. The predicted molar refractivity (Wildman–Crippen MR) is 86.8 cm³/mol. The van der Waals surface area contributed by atoms with Crippen LogP contribution in [0.5, 0.6) is 0 Å². The first-order chi connectivity index (χ1) is 11.0. The van der Waals surface area contributed by atoms with Crippen molar-refractivity contribution < 1.29 is 8.42 Å². The van der Waals surface area contributed by atoms with Crippen molar-refractivity contribution >= 4 is 10.2 Å². The molecule has 0 amide bonds. The zero-order valence-corrected chi connectivity index (χ0v) is 14.3. The molecule has 1 aromatic heterocycles. The van der Waals surface area contributed by atoms with Gasteiger partial charge in [0, 0.05) is 57.2 Å². The lowest BCUT2D eigenvalue weighted by Gasteiger charge is -2.35. The number of H-pyrrole nitrogens is 1. The summed E-state index contributed by atoms with van der Waals surface area (Å²) >= 11 is 0. The fourth-order valence-electron chi connectivity index (χ4n) is 3.27. The molecule has 3 rings (SSSR count). The van der Waals surface area contributed by atoms with Crippen LogP contribution in [0.25, 0.3) is 0 Å². The van der Waals surface area contributed by atoms with Crippen LogP contribution in [0.4, 0.5) is 0 Å². The van der Waals surface area contributed by atoms with Gasteiger partial charge in [-0.15, -0.1) is 0 Å². The second-order valence-electron chi connectivity index (χ2n) is 6.23. The molecule has 2 saturated heterocycles. The molecule has 0 spiro atoms. The van der Waals surface area contributed by atoms with Gasteiger partial charge in [0.05, 0.1) is 5.56 Å². The minimum Gasteiger partial charge on any atom is -0.360 e. The molecular weight excluding hydrogens is 314 g/mol. The van der Waals surface area contributed by atoms with Crippen LogP contribution in [0.1, 0.15) is 29.8 Å². The van der Waals surface area contributed by atoms with Crippen LogP contribution in [0, 0.1) is 18.3 Å². The zero-order valence-electron chi connectivity index (χ0n) is 13.5. The summed E-state index contributed by atoms with van der Waals surface area (Å²) < 4.78 is 28.3. The summed E-state index contributed by atoms with van der Waals surface area (Å²) in [5.74, 6) is 0. The SMILES string of the molecule is Cc1[nH]c(CN2CCN(S(=O)(=O)N3CCCC3)CC2)cc1C#N. The first kappa shape index (κ1) is 16.5. The van der Waals surface area contributed by atoms with Gasteiger partial charge in [0.15, 0.2) is 0 Å². The quantitative estimate of drug-likeness (QED) is 0.874. The molecule has 2 fully saturated rings. The summed E-state index contributed by atoms with van der Waals surface area (Å²) in [5, 5.41) is 9.00. The van der Waals surface area contributed by atoms with Crippen LogP contribution in [0.2, 0.25) is 0 Å². The minimum absolute atomic E-state index is 0.531. The lowest BCUT2D eigenvalue weighted by atomic mass is 10.2. The Balaban J connectivity index is 1.57. The van der Waals surface area contributed by atoms with Crippen LogP contribution >= 0.6 is 0 Å². The van der Waals surface area contributed by atoms with E-state index >= 15 is 0 Å². The molecular formula is C15H23N5O2S. The molecule has 126 valence electrons. The third-order valence-corrected chi connectivity index (χ3v) is 6.67. The van der Waals surface area contributed by atoms with Crippen LogP contribution in [0.15, 0.2) is 6.07 Å². The second kappa shape index (κ2) is 6.61. The van der Waals surface area contributed by atoms with Gasteiger partial charge in [-0.1, -0.05) is 0 Å². The number of hydrogen-bond acceptors (Lipinski definition) is 4. The highest BCUT2D eigenvalue weighted by Gasteiger charge is 2.33.